The molecular weight excluding hydrogens is 569 g/mol. The average molecular weight is 589 g/mol. The van der Waals surface area contributed by atoms with E-state index in [4.69, 9.17) is 0 Å². The smallest absolute Gasteiger partial charge is 0.478 e. The van der Waals surface area contributed by atoms with Crippen LogP contribution >= 0.6 is 0 Å². The van der Waals surface area contributed by atoms with Crippen molar-refractivity contribution in [1.82, 2.24) is 25.2 Å². The lowest BCUT2D eigenvalue weighted by Crippen LogP contribution is -2.30. The van der Waals surface area contributed by atoms with Crippen molar-refractivity contribution in [3.05, 3.63) is 93.4 Å². The number of carboxylic acid groups (broad SMARTS) is 1. The monoisotopic (exact) mass is 589 g/mol. The maximum atomic E-state index is 14.5. The van der Waals surface area contributed by atoms with Crippen LogP contribution in [0, 0.1) is 18.6 Å². The van der Waals surface area contributed by atoms with Gasteiger partial charge in [0.2, 0.25) is 0 Å². The maximum absolute atomic E-state index is 14.5. The summed E-state index contributed by atoms with van der Waals surface area (Å²) >= 11 is 0. The number of rotatable bonds is 7. The van der Waals surface area contributed by atoms with Crippen LogP contribution in [0.1, 0.15) is 66.1 Å². The van der Waals surface area contributed by atoms with Gasteiger partial charge in [0.15, 0.2) is 11.5 Å². The number of carbonyl (C=O) groups excluding carboxylic acids is 2. The normalized spacial score (nSPS) is 14.5. The van der Waals surface area contributed by atoms with Crippen molar-refractivity contribution < 1.29 is 46.2 Å². The number of aromatic carboxylic acids is 1. The molecule has 0 aliphatic heterocycles. The van der Waals surface area contributed by atoms with Crippen LogP contribution in [0.5, 0.6) is 5.75 Å². The van der Waals surface area contributed by atoms with Gasteiger partial charge in [-0.3, -0.25) is 9.59 Å². The zero-order chi connectivity index (χ0) is 30.3. The van der Waals surface area contributed by atoms with E-state index in [-0.39, 0.29) is 16.8 Å². The number of benzene rings is 2. The second-order valence-corrected chi connectivity index (χ2v) is 9.46. The molecule has 0 bridgehead atoms. The Labute approximate surface area is 233 Å². The standard InChI is InChI=1S/C27H20F5N5O5/c1-12-16-4-5-20(18(16)3-2-17(12)26(40)41)36-25(39)22-9-21(35-23-19(29)11-34-37(22)23)24(38)33-10-13-6-14(28)8-15(7-13)42-27(30,31)32/h2-3,6-9,11,20H,4-5,10H2,1H3,(H,33,38)(H,36,39)(H,40,41)/t20-/m0/s1. The fraction of sp³-hybridized carbons (Fsp3) is 0.222. The Kier molecular flexibility index (Phi) is 7.26. The number of fused-ring (bicyclic) bond motifs is 2. The molecule has 1 aliphatic carbocycles. The Bertz CT molecular complexity index is 1750. The number of amides is 2. The molecule has 2 heterocycles. The highest BCUT2D eigenvalue weighted by molar-refractivity contribution is 5.98. The lowest BCUT2D eigenvalue weighted by Gasteiger charge is -2.16. The summed E-state index contributed by atoms with van der Waals surface area (Å²) < 4.78 is 70.5. The molecule has 15 heteroatoms. The molecule has 1 atom stereocenters. The molecule has 2 aromatic heterocycles. The maximum Gasteiger partial charge on any atom is 0.573 e. The third-order valence-electron chi connectivity index (χ3n) is 6.74. The topological polar surface area (TPSA) is 135 Å². The largest absolute Gasteiger partial charge is 0.573 e. The minimum absolute atomic E-state index is 0.0709. The van der Waals surface area contributed by atoms with Crippen LogP contribution in [0.2, 0.25) is 0 Å². The summed E-state index contributed by atoms with van der Waals surface area (Å²) in [6.45, 7) is 1.24. The summed E-state index contributed by atoms with van der Waals surface area (Å²) in [5.74, 6) is -5.52. The number of alkyl halides is 3. The Morgan fingerprint density at radius 3 is 2.60 bits per heavy atom. The van der Waals surface area contributed by atoms with Gasteiger partial charge in [-0.25, -0.2) is 23.1 Å². The molecule has 0 saturated heterocycles. The third-order valence-corrected chi connectivity index (χ3v) is 6.74. The number of hydrogen-bond acceptors (Lipinski definition) is 6. The molecule has 42 heavy (non-hydrogen) atoms. The first kappa shape index (κ1) is 28.4. The van der Waals surface area contributed by atoms with Crippen molar-refractivity contribution in [1.29, 1.82) is 0 Å². The van der Waals surface area contributed by atoms with E-state index in [2.05, 4.69) is 25.5 Å². The lowest BCUT2D eigenvalue weighted by atomic mass is 9.98. The van der Waals surface area contributed by atoms with E-state index in [1.807, 2.05) is 0 Å². The van der Waals surface area contributed by atoms with Crippen molar-refractivity contribution in [3.8, 4) is 5.75 Å². The van der Waals surface area contributed by atoms with Gasteiger partial charge in [-0.1, -0.05) is 6.07 Å². The molecule has 0 unspecified atom stereocenters. The van der Waals surface area contributed by atoms with E-state index in [9.17, 15) is 41.4 Å². The molecule has 5 rings (SSSR count). The van der Waals surface area contributed by atoms with Gasteiger partial charge < -0.3 is 20.5 Å². The van der Waals surface area contributed by atoms with Crippen LogP contribution in [-0.4, -0.2) is 43.9 Å². The molecule has 0 spiro atoms. The zero-order valence-electron chi connectivity index (χ0n) is 21.6. The van der Waals surface area contributed by atoms with Crippen molar-refractivity contribution in [2.24, 2.45) is 0 Å². The summed E-state index contributed by atoms with van der Waals surface area (Å²) in [6.07, 6.45) is -3.27. The van der Waals surface area contributed by atoms with Crippen LogP contribution in [-0.2, 0) is 13.0 Å². The molecule has 218 valence electrons. The van der Waals surface area contributed by atoms with Gasteiger partial charge >= 0.3 is 12.3 Å². The highest BCUT2D eigenvalue weighted by Crippen LogP contribution is 2.35. The van der Waals surface area contributed by atoms with Crippen molar-refractivity contribution in [2.75, 3.05) is 0 Å². The van der Waals surface area contributed by atoms with Crippen molar-refractivity contribution in [2.45, 2.75) is 38.7 Å². The van der Waals surface area contributed by atoms with Crippen molar-refractivity contribution in [3.63, 3.8) is 0 Å². The van der Waals surface area contributed by atoms with Gasteiger partial charge in [0.05, 0.1) is 17.8 Å². The predicted molar refractivity (Wildman–Crippen MR) is 134 cm³/mol. The minimum Gasteiger partial charge on any atom is -0.478 e. The van der Waals surface area contributed by atoms with E-state index in [0.29, 0.717) is 24.5 Å². The molecule has 10 nitrogen and oxygen atoms in total. The van der Waals surface area contributed by atoms with Gasteiger partial charge in [-0.15, -0.1) is 13.2 Å². The SMILES string of the molecule is Cc1c(C(=O)O)ccc2c1CC[C@@H]2NC(=O)c1cc(C(=O)NCc2cc(F)cc(OC(F)(F)F)c2)nc2c(F)cnn12. The molecule has 0 saturated carbocycles. The summed E-state index contributed by atoms with van der Waals surface area (Å²) in [7, 11) is 0. The van der Waals surface area contributed by atoms with Gasteiger partial charge in [-0.2, -0.15) is 5.10 Å². The fourth-order valence-electron chi connectivity index (χ4n) is 4.90. The molecule has 2 amide bonds. The quantitative estimate of drug-likeness (QED) is 0.274. The molecule has 0 fully saturated rings. The third kappa shape index (κ3) is 5.70. The average Bonchev–Trinajstić information content (AvgIpc) is 3.49. The number of hydrogen-bond donors (Lipinski definition) is 3. The van der Waals surface area contributed by atoms with Gasteiger partial charge in [-0.05, 0) is 60.2 Å². The second-order valence-electron chi connectivity index (χ2n) is 9.46. The number of halogens is 5. The van der Waals surface area contributed by atoms with Crippen LogP contribution in [0.3, 0.4) is 0 Å². The number of ether oxygens (including phenoxy) is 1. The van der Waals surface area contributed by atoms with Crippen LogP contribution in [0.25, 0.3) is 5.65 Å². The summed E-state index contributed by atoms with van der Waals surface area (Å²) in [6, 6.07) is 5.92. The summed E-state index contributed by atoms with van der Waals surface area (Å²) in [5.41, 5.74) is 1.10. The van der Waals surface area contributed by atoms with E-state index in [1.54, 1.807) is 13.0 Å². The second kappa shape index (κ2) is 10.7. The number of carboxylic acids is 1. The van der Waals surface area contributed by atoms with Gasteiger partial charge in [0.25, 0.3) is 11.8 Å². The lowest BCUT2D eigenvalue weighted by molar-refractivity contribution is -0.274. The van der Waals surface area contributed by atoms with E-state index in [0.717, 1.165) is 40.0 Å². The number of nitrogens with one attached hydrogen (secondary N) is 2. The zero-order valence-corrected chi connectivity index (χ0v) is 21.6. The molecule has 3 N–H and O–H groups in total. The minimum atomic E-state index is -5.05. The highest BCUT2D eigenvalue weighted by Gasteiger charge is 2.32. The van der Waals surface area contributed by atoms with E-state index in [1.165, 1.54) is 6.07 Å². The first-order valence-electron chi connectivity index (χ1n) is 12.3. The van der Waals surface area contributed by atoms with Gasteiger partial charge in [0, 0.05) is 18.7 Å². The molecule has 0 radical (unpaired) electrons. The Balaban J connectivity index is 1.38. The Hall–Kier alpha value is -5.08. The fourth-order valence-corrected chi connectivity index (χ4v) is 4.90. The molecule has 2 aromatic carbocycles. The Morgan fingerprint density at radius 1 is 1.12 bits per heavy atom. The molecule has 4 aromatic rings. The van der Waals surface area contributed by atoms with Crippen LogP contribution < -0.4 is 15.4 Å². The highest BCUT2D eigenvalue weighted by atomic mass is 19.4. The Morgan fingerprint density at radius 2 is 1.88 bits per heavy atom. The van der Waals surface area contributed by atoms with E-state index < -0.39 is 65.5 Å². The molecule has 1 aliphatic rings. The van der Waals surface area contributed by atoms with E-state index >= 15 is 0 Å². The predicted octanol–water partition coefficient (Wildman–Crippen LogP) is 4.26. The van der Waals surface area contributed by atoms with Crippen LogP contribution in [0.15, 0.2) is 42.6 Å². The van der Waals surface area contributed by atoms with Crippen LogP contribution in [0.4, 0.5) is 22.0 Å². The summed E-state index contributed by atoms with van der Waals surface area (Å²) in [5, 5.41) is 18.4. The van der Waals surface area contributed by atoms with Gasteiger partial charge in [0.1, 0.15) is 23.0 Å². The number of carbonyl (C=O) groups is 3. The first-order valence-corrected chi connectivity index (χ1v) is 12.3. The summed E-state index contributed by atoms with van der Waals surface area (Å²) in [4.78, 5) is 41.6. The van der Waals surface area contributed by atoms with Crippen molar-refractivity contribution >= 4 is 23.4 Å². The number of nitrogens with zero attached hydrogens (tertiary/aromatic N) is 3. The first-order chi connectivity index (χ1) is 19.8. The number of aromatic nitrogens is 3. The molecular formula is C27H20F5N5O5.